The van der Waals surface area contributed by atoms with Gasteiger partial charge in [-0.2, -0.15) is 0 Å². The van der Waals surface area contributed by atoms with E-state index < -0.39 is 77.9 Å². The molecule has 5 amide bonds. The first-order chi connectivity index (χ1) is 20.5. The van der Waals surface area contributed by atoms with Crippen molar-refractivity contribution >= 4 is 41.5 Å². The van der Waals surface area contributed by atoms with Crippen LogP contribution < -0.4 is 38.5 Å². The number of likely N-dealkylation sites (tertiary alicyclic amines) is 1. The fraction of sp³-hybridized carbons (Fsp3) is 0.741. The van der Waals surface area contributed by atoms with Crippen molar-refractivity contribution in [2.45, 2.75) is 109 Å². The first kappa shape index (κ1) is 38.0. The van der Waals surface area contributed by atoms with Gasteiger partial charge in [-0.25, -0.2) is 0 Å². The minimum absolute atomic E-state index is 0.0690. The van der Waals surface area contributed by atoms with Crippen LogP contribution >= 0.6 is 0 Å². The average Bonchev–Trinajstić information content (AvgIpc) is 3.42. The molecule has 44 heavy (non-hydrogen) atoms. The fourth-order valence-corrected chi connectivity index (χ4v) is 4.57. The quantitative estimate of drug-likeness (QED) is 0.0441. The van der Waals surface area contributed by atoms with Gasteiger partial charge in [0.1, 0.15) is 30.2 Å². The molecule has 0 aromatic rings. The third-order valence-corrected chi connectivity index (χ3v) is 7.01. The molecule has 0 bridgehead atoms. The molecule has 1 rings (SSSR count). The van der Waals surface area contributed by atoms with Crippen LogP contribution in [-0.2, 0) is 28.8 Å². The maximum absolute atomic E-state index is 13.4. The summed E-state index contributed by atoms with van der Waals surface area (Å²) in [6.07, 6.45) is 0.198. The zero-order valence-corrected chi connectivity index (χ0v) is 26.0. The largest absolute Gasteiger partial charge is 0.480 e. The third-order valence-electron chi connectivity index (χ3n) is 7.01. The van der Waals surface area contributed by atoms with Gasteiger partial charge in [0, 0.05) is 13.1 Å². The number of hydrogen-bond donors (Lipinski definition) is 9. The predicted molar refractivity (Wildman–Crippen MR) is 160 cm³/mol. The Kier molecular flexibility index (Phi) is 15.5. The van der Waals surface area contributed by atoms with Gasteiger partial charge >= 0.3 is 5.97 Å². The number of rotatable bonds is 17. The van der Waals surface area contributed by atoms with Gasteiger partial charge in [-0.05, 0) is 58.8 Å². The molecule has 1 fully saturated rings. The van der Waals surface area contributed by atoms with Crippen LogP contribution in [0.15, 0.2) is 4.99 Å². The maximum atomic E-state index is 13.4. The van der Waals surface area contributed by atoms with Gasteiger partial charge in [-0.15, -0.1) is 0 Å². The summed E-state index contributed by atoms with van der Waals surface area (Å²) in [6, 6.07) is -6.71. The SMILES string of the molecule is CC(C)C[C@H](N)C(=O)N[C@H](C(=O)N1CCC[C@H]1C(=O)N[C@@H](C)C(=O)N[C@@H](CCCN=C(N)N)C(=O)N[C@@H](C)C(=O)O)[C@@H](C)O. The van der Waals surface area contributed by atoms with Gasteiger partial charge in [0.25, 0.3) is 0 Å². The second-order valence-corrected chi connectivity index (χ2v) is 11.5. The molecular weight excluding hydrogens is 578 g/mol. The van der Waals surface area contributed by atoms with Gasteiger partial charge in [0.2, 0.25) is 29.5 Å². The van der Waals surface area contributed by atoms with Gasteiger partial charge in [0.05, 0.1) is 12.1 Å². The number of aliphatic imine (C=N–C) groups is 1. The van der Waals surface area contributed by atoms with Crippen LogP contribution in [0.5, 0.6) is 0 Å². The van der Waals surface area contributed by atoms with Gasteiger partial charge in [-0.1, -0.05) is 13.8 Å². The first-order valence-corrected chi connectivity index (χ1v) is 14.7. The zero-order chi connectivity index (χ0) is 33.7. The van der Waals surface area contributed by atoms with E-state index in [1.807, 2.05) is 13.8 Å². The summed E-state index contributed by atoms with van der Waals surface area (Å²) in [5, 5.41) is 29.3. The van der Waals surface area contributed by atoms with E-state index in [9.17, 15) is 33.9 Å². The summed E-state index contributed by atoms with van der Waals surface area (Å²) >= 11 is 0. The summed E-state index contributed by atoms with van der Waals surface area (Å²) in [5.74, 6) is -4.67. The van der Waals surface area contributed by atoms with Crippen LogP contribution in [-0.4, -0.2) is 112 Å². The van der Waals surface area contributed by atoms with Crippen LogP contribution in [0.25, 0.3) is 0 Å². The molecule has 1 heterocycles. The molecule has 0 aromatic heterocycles. The van der Waals surface area contributed by atoms with Crippen LogP contribution in [0.4, 0.5) is 0 Å². The number of hydrogen-bond acceptors (Lipinski definition) is 9. The van der Waals surface area contributed by atoms with Crippen molar-refractivity contribution in [1.29, 1.82) is 0 Å². The molecular formula is C27H49N9O8. The summed E-state index contributed by atoms with van der Waals surface area (Å²) in [5.41, 5.74) is 16.5. The van der Waals surface area contributed by atoms with Crippen molar-refractivity contribution in [1.82, 2.24) is 26.2 Å². The summed E-state index contributed by atoms with van der Waals surface area (Å²) in [7, 11) is 0. The standard InChI is InChI=1S/C27H49N9O8/c1-13(2)12-17(28)22(39)35-20(16(5)37)25(42)36-11-7-9-19(36)24(41)32-14(3)21(38)34-18(8-6-10-31-27(29)30)23(40)33-15(4)26(43)44/h13-20,37H,6-12,28H2,1-5H3,(H,32,41)(H,33,40)(H,34,38)(H,35,39)(H,43,44)(H4,29,30,31)/t14-,15-,16+,17-,18-,19-,20-/m0/s1. The van der Waals surface area contributed by atoms with Crippen LogP contribution in [0, 0.1) is 5.92 Å². The smallest absolute Gasteiger partial charge is 0.325 e. The number of carboxylic acids is 1. The Balaban J connectivity index is 2.94. The zero-order valence-electron chi connectivity index (χ0n) is 26.0. The second kappa shape index (κ2) is 18.0. The van der Waals surface area contributed by atoms with E-state index in [1.54, 1.807) is 0 Å². The number of carboxylic acid groups (broad SMARTS) is 1. The Hall–Kier alpha value is -3.99. The Labute approximate surface area is 257 Å². The van der Waals surface area contributed by atoms with Gasteiger partial charge in [0.15, 0.2) is 5.96 Å². The topological polar surface area (TPSA) is 285 Å². The molecule has 0 aromatic carbocycles. The maximum Gasteiger partial charge on any atom is 0.325 e. The molecule has 250 valence electrons. The molecule has 1 saturated heterocycles. The highest BCUT2D eigenvalue weighted by Gasteiger charge is 2.40. The van der Waals surface area contributed by atoms with E-state index >= 15 is 0 Å². The molecule has 0 radical (unpaired) electrons. The normalized spacial score (nSPS) is 18.6. The molecule has 0 unspecified atom stereocenters. The number of nitrogens with zero attached hydrogens (tertiary/aromatic N) is 2. The van der Waals surface area contributed by atoms with Crippen LogP contribution in [0.3, 0.4) is 0 Å². The van der Waals surface area contributed by atoms with E-state index in [4.69, 9.17) is 22.3 Å². The molecule has 7 atom stereocenters. The van der Waals surface area contributed by atoms with Crippen molar-refractivity contribution in [3.05, 3.63) is 0 Å². The molecule has 1 aliphatic heterocycles. The Morgan fingerprint density at radius 1 is 0.909 bits per heavy atom. The van der Waals surface area contributed by atoms with Gasteiger partial charge in [-0.3, -0.25) is 33.8 Å². The molecule has 1 aliphatic rings. The summed E-state index contributed by atoms with van der Waals surface area (Å²) in [6.45, 7) is 8.13. The Morgan fingerprint density at radius 2 is 1.55 bits per heavy atom. The number of aliphatic hydroxyl groups is 1. The van der Waals surface area contributed by atoms with E-state index in [1.165, 1.54) is 25.7 Å². The van der Waals surface area contributed by atoms with E-state index in [2.05, 4.69) is 26.3 Å². The number of carbonyl (C=O) groups excluding carboxylic acids is 5. The van der Waals surface area contributed by atoms with Crippen LogP contribution in [0.1, 0.15) is 66.7 Å². The van der Waals surface area contributed by atoms with Crippen molar-refractivity contribution in [3.8, 4) is 0 Å². The monoisotopic (exact) mass is 627 g/mol. The summed E-state index contributed by atoms with van der Waals surface area (Å²) in [4.78, 5) is 81.1. The predicted octanol–water partition coefficient (Wildman–Crippen LogP) is -3.15. The second-order valence-electron chi connectivity index (χ2n) is 11.5. The third kappa shape index (κ3) is 12.3. The highest BCUT2D eigenvalue weighted by molar-refractivity contribution is 5.96. The highest BCUT2D eigenvalue weighted by atomic mass is 16.4. The number of amides is 5. The molecule has 0 spiro atoms. The van der Waals surface area contributed by atoms with Crippen molar-refractivity contribution in [3.63, 3.8) is 0 Å². The van der Waals surface area contributed by atoms with Crippen molar-refractivity contribution in [2.75, 3.05) is 13.1 Å². The van der Waals surface area contributed by atoms with Crippen molar-refractivity contribution < 1.29 is 39.0 Å². The number of aliphatic carboxylic acids is 1. The first-order valence-electron chi connectivity index (χ1n) is 14.7. The Bertz CT molecular complexity index is 1060. The molecule has 17 heteroatoms. The fourth-order valence-electron chi connectivity index (χ4n) is 4.57. The molecule has 17 nitrogen and oxygen atoms in total. The number of aliphatic hydroxyl groups excluding tert-OH is 1. The van der Waals surface area contributed by atoms with E-state index in [0.29, 0.717) is 12.8 Å². The van der Waals surface area contributed by atoms with E-state index in [-0.39, 0.29) is 44.2 Å². The molecule has 12 N–H and O–H groups in total. The minimum Gasteiger partial charge on any atom is -0.480 e. The summed E-state index contributed by atoms with van der Waals surface area (Å²) < 4.78 is 0. The average molecular weight is 628 g/mol. The number of nitrogens with two attached hydrogens (primary N) is 3. The molecule has 0 saturated carbocycles. The lowest BCUT2D eigenvalue weighted by Crippen LogP contribution is -2.60. The molecule has 0 aliphatic carbocycles. The van der Waals surface area contributed by atoms with Crippen LogP contribution in [0.2, 0.25) is 0 Å². The highest BCUT2D eigenvalue weighted by Crippen LogP contribution is 2.20. The Morgan fingerprint density at radius 3 is 2.09 bits per heavy atom. The number of nitrogens with one attached hydrogen (secondary N) is 4. The number of carbonyl (C=O) groups is 6. The lowest BCUT2D eigenvalue weighted by molar-refractivity contribution is -0.144. The van der Waals surface area contributed by atoms with Gasteiger partial charge < -0.3 is 53.6 Å². The van der Waals surface area contributed by atoms with Crippen molar-refractivity contribution in [2.24, 2.45) is 28.1 Å². The van der Waals surface area contributed by atoms with E-state index in [0.717, 1.165) is 0 Å². The minimum atomic E-state index is -1.33. The lowest BCUT2D eigenvalue weighted by Gasteiger charge is -2.31. The lowest BCUT2D eigenvalue weighted by atomic mass is 10.0. The number of guanidine groups is 1.